The maximum Gasteiger partial charge on any atom is 0.337 e. The molecule has 0 aliphatic carbocycles. The van der Waals surface area contributed by atoms with Crippen LogP contribution in [0.3, 0.4) is 0 Å². The molecule has 2 rings (SSSR count). The van der Waals surface area contributed by atoms with Crippen LogP contribution in [0.25, 0.3) is 0 Å². The summed E-state index contributed by atoms with van der Waals surface area (Å²) < 4.78 is 0. The van der Waals surface area contributed by atoms with Gasteiger partial charge >= 0.3 is 5.97 Å². The summed E-state index contributed by atoms with van der Waals surface area (Å²) in [6, 6.07) is 5.47. The van der Waals surface area contributed by atoms with Gasteiger partial charge in [-0.15, -0.1) is 0 Å². The Labute approximate surface area is 116 Å². The van der Waals surface area contributed by atoms with Gasteiger partial charge in [-0.05, 0) is 36.8 Å². The first-order chi connectivity index (χ1) is 8.58. The summed E-state index contributed by atoms with van der Waals surface area (Å²) in [4.78, 5) is 11.0. The fourth-order valence-electron chi connectivity index (χ4n) is 2.11. The Bertz CT molecular complexity index is 453. The molecule has 3 nitrogen and oxygen atoms in total. The summed E-state index contributed by atoms with van der Waals surface area (Å²) in [5.74, 6) is 0.218. The van der Waals surface area contributed by atoms with Gasteiger partial charge in [0.15, 0.2) is 0 Å². The van der Waals surface area contributed by atoms with Crippen molar-refractivity contribution in [1.29, 1.82) is 0 Å². The van der Waals surface area contributed by atoms with Crippen molar-refractivity contribution in [3.63, 3.8) is 0 Å². The molecule has 1 aliphatic heterocycles. The Morgan fingerprint density at radius 2 is 2.33 bits per heavy atom. The number of nitrogens with one attached hydrogen (secondary N) is 1. The van der Waals surface area contributed by atoms with Crippen molar-refractivity contribution in [2.75, 3.05) is 11.1 Å². The van der Waals surface area contributed by atoms with Crippen molar-refractivity contribution in [1.82, 2.24) is 0 Å². The van der Waals surface area contributed by atoms with Crippen molar-refractivity contribution >= 4 is 35.0 Å². The van der Waals surface area contributed by atoms with E-state index in [1.165, 1.54) is 12.2 Å². The van der Waals surface area contributed by atoms with E-state index >= 15 is 0 Å². The van der Waals surface area contributed by atoms with Crippen LogP contribution in [-0.2, 0) is 0 Å². The molecule has 1 aromatic carbocycles. The Kier molecular flexibility index (Phi) is 4.40. The van der Waals surface area contributed by atoms with E-state index in [2.05, 4.69) is 12.2 Å². The van der Waals surface area contributed by atoms with E-state index in [0.29, 0.717) is 11.3 Å². The zero-order valence-electron chi connectivity index (χ0n) is 10.1. The molecule has 0 radical (unpaired) electrons. The summed E-state index contributed by atoms with van der Waals surface area (Å²) in [7, 11) is 0. The zero-order valence-corrected chi connectivity index (χ0v) is 11.7. The number of carboxylic acid groups (broad SMARTS) is 1. The second-order valence-electron chi connectivity index (χ2n) is 4.47. The summed E-state index contributed by atoms with van der Waals surface area (Å²) in [6.45, 7) is 2.20. The third-order valence-electron chi connectivity index (χ3n) is 3.16. The van der Waals surface area contributed by atoms with Gasteiger partial charge < -0.3 is 10.4 Å². The molecule has 5 heteroatoms. The minimum Gasteiger partial charge on any atom is -0.478 e. The molecule has 1 heterocycles. The lowest BCUT2D eigenvalue weighted by Gasteiger charge is -2.30. The van der Waals surface area contributed by atoms with Crippen LogP contribution in [0.4, 0.5) is 5.69 Å². The Morgan fingerprint density at radius 1 is 1.56 bits per heavy atom. The van der Waals surface area contributed by atoms with Gasteiger partial charge in [-0.2, -0.15) is 11.8 Å². The van der Waals surface area contributed by atoms with Crippen LogP contribution in [0.15, 0.2) is 18.2 Å². The summed E-state index contributed by atoms with van der Waals surface area (Å²) in [5.41, 5.74) is 0.980. The normalized spacial score (nSPS) is 23.7. The number of carboxylic acids is 1. The number of halogens is 1. The Balaban J connectivity index is 2.14. The van der Waals surface area contributed by atoms with E-state index in [-0.39, 0.29) is 10.6 Å². The molecule has 2 unspecified atom stereocenters. The molecule has 18 heavy (non-hydrogen) atoms. The SMILES string of the molecule is CC1SCCCC1Nc1ccc(Cl)c(C(=O)O)c1. The molecule has 0 saturated carbocycles. The van der Waals surface area contributed by atoms with Crippen LogP contribution in [0, 0.1) is 0 Å². The fourth-order valence-corrected chi connectivity index (χ4v) is 3.45. The predicted molar refractivity (Wildman–Crippen MR) is 77.0 cm³/mol. The Hall–Kier alpha value is -0.870. The second kappa shape index (κ2) is 5.85. The van der Waals surface area contributed by atoms with E-state index in [1.807, 2.05) is 17.8 Å². The molecule has 1 aromatic rings. The first-order valence-electron chi connectivity index (χ1n) is 5.99. The minimum absolute atomic E-state index is 0.151. The van der Waals surface area contributed by atoms with Gasteiger partial charge in [0.2, 0.25) is 0 Å². The quantitative estimate of drug-likeness (QED) is 0.888. The van der Waals surface area contributed by atoms with Crippen molar-refractivity contribution < 1.29 is 9.90 Å². The number of carbonyl (C=O) groups is 1. The highest BCUT2D eigenvalue weighted by molar-refractivity contribution is 8.00. The van der Waals surface area contributed by atoms with Gasteiger partial charge in [-0.1, -0.05) is 18.5 Å². The van der Waals surface area contributed by atoms with E-state index in [0.717, 1.165) is 12.1 Å². The largest absolute Gasteiger partial charge is 0.478 e. The minimum atomic E-state index is -0.991. The van der Waals surface area contributed by atoms with Crippen LogP contribution in [0.5, 0.6) is 0 Å². The van der Waals surface area contributed by atoms with Gasteiger partial charge in [-0.3, -0.25) is 0 Å². The van der Waals surface area contributed by atoms with Gasteiger partial charge in [-0.25, -0.2) is 4.79 Å². The number of thioether (sulfide) groups is 1. The fraction of sp³-hybridized carbons (Fsp3) is 0.462. The smallest absolute Gasteiger partial charge is 0.337 e. The van der Waals surface area contributed by atoms with Gasteiger partial charge in [0.1, 0.15) is 0 Å². The third kappa shape index (κ3) is 3.12. The molecule has 1 saturated heterocycles. The summed E-state index contributed by atoms with van der Waals surface area (Å²) >= 11 is 7.80. The second-order valence-corrected chi connectivity index (χ2v) is 6.36. The zero-order chi connectivity index (χ0) is 13.1. The van der Waals surface area contributed by atoms with Crippen molar-refractivity contribution in [2.24, 2.45) is 0 Å². The lowest BCUT2D eigenvalue weighted by Crippen LogP contribution is -2.32. The molecule has 0 bridgehead atoms. The van der Waals surface area contributed by atoms with Crippen molar-refractivity contribution in [3.05, 3.63) is 28.8 Å². The Morgan fingerprint density at radius 3 is 3.00 bits per heavy atom. The molecule has 0 spiro atoms. The van der Waals surface area contributed by atoms with Crippen molar-refractivity contribution in [2.45, 2.75) is 31.1 Å². The van der Waals surface area contributed by atoms with Crippen LogP contribution in [-0.4, -0.2) is 28.1 Å². The summed E-state index contributed by atoms with van der Waals surface area (Å²) in [5, 5.41) is 13.3. The molecule has 0 amide bonds. The standard InChI is InChI=1S/C13H16ClNO2S/c1-8-12(3-2-6-18-8)15-9-4-5-11(14)10(7-9)13(16)17/h4-5,7-8,12,15H,2-3,6H2,1H3,(H,16,17). The third-order valence-corrected chi connectivity index (χ3v) is 4.86. The molecule has 2 atom stereocenters. The average molecular weight is 286 g/mol. The van der Waals surface area contributed by atoms with Gasteiger partial charge in [0.25, 0.3) is 0 Å². The number of hydrogen-bond acceptors (Lipinski definition) is 3. The summed E-state index contributed by atoms with van der Waals surface area (Å²) in [6.07, 6.45) is 2.32. The maximum atomic E-state index is 11.0. The number of benzene rings is 1. The van der Waals surface area contributed by atoms with E-state index in [4.69, 9.17) is 16.7 Å². The lowest BCUT2D eigenvalue weighted by atomic mass is 10.1. The van der Waals surface area contributed by atoms with E-state index in [1.54, 1.807) is 12.1 Å². The molecule has 2 N–H and O–H groups in total. The lowest BCUT2D eigenvalue weighted by molar-refractivity contribution is 0.0697. The van der Waals surface area contributed by atoms with E-state index in [9.17, 15) is 4.79 Å². The highest BCUT2D eigenvalue weighted by Gasteiger charge is 2.22. The number of anilines is 1. The van der Waals surface area contributed by atoms with Crippen LogP contribution < -0.4 is 5.32 Å². The van der Waals surface area contributed by atoms with Crippen LogP contribution in [0.2, 0.25) is 5.02 Å². The maximum absolute atomic E-state index is 11.0. The van der Waals surface area contributed by atoms with Crippen molar-refractivity contribution in [3.8, 4) is 0 Å². The first kappa shape index (κ1) is 13.6. The first-order valence-corrected chi connectivity index (χ1v) is 7.41. The molecular formula is C13H16ClNO2S. The number of aromatic carboxylic acids is 1. The molecule has 1 fully saturated rings. The predicted octanol–water partition coefficient (Wildman–Crippen LogP) is 3.73. The molecule has 98 valence electrons. The van der Waals surface area contributed by atoms with E-state index < -0.39 is 5.97 Å². The highest BCUT2D eigenvalue weighted by atomic mass is 35.5. The number of hydrogen-bond donors (Lipinski definition) is 2. The number of rotatable bonds is 3. The molecular weight excluding hydrogens is 270 g/mol. The molecule has 1 aliphatic rings. The van der Waals surface area contributed by atoms with Crippen LogP contribution >= 0.6 is 23.4 Å². The topological polar surface area (TPSA) is 49.3 Å². The highest BCUT2D eigenvalue weighted by Crippen LogP contribution is 2.29. The van der Waals surface area contributed by atoms with Gasteiger partial charge in [0, 0.05) is 17.0 Å². The van der Waals surface area contributed by atoms with Gasteiger partial charge in [0.05, 0.1) is 10.6 Å². The molecule has 0 aromatic heterocycles. The average Bonchev–Trinajstić information content (AvgIpc) is 2.34. The van der Waals surface area contributed by atoms with Crippen LogP contribution in [0.1, 0.15) is 30.1 Å². The monoisotopic (exact) mass is 285 g/mol.